The summed E-state index contributed by atoms with van der Waals surface area (Å²) in [6.45, 7) is 5.86. The largest absolute Gasteiger partial charge is 0.515 e. The second-order valence-corrected chi connectivity index (χ2v) is 8.98. The van der Waals surface area contributed by atoms with Gasteiger partial charge in [-0.2, -0.15) is 10.8 Å². The summed E-state index contributed by atoms with van der Waals surface area (Å²) < 4.78 is 63.4. The number of nitrogens with two attached hydrogens (primary N) is 1. The van der Waals surface area contributed by atoms with Gasteiger partial charge >= 0.3 is 0 Å². The molecule has 1 radical (unpaired) electrons. The molecule has 0 fully saturated rings. The molecule has 1 aromatic heterocycles. The van der Waals surface area contributed by atoms with E-state index in [9.17, 15) is 22.7 Å². The number of rotatable bonds is 6. The third-order valence-electron chi connectivity index (χ3n) is 6.73. The van der Waals surface area contributed by atoms with Crippen LogP contribution in [0.3, 0.4) is 0 Å². The number of anilines is 1. The van der Waals surface area contributed by atoms with Gasteiger partial charge in [-0.1, -0.05) is 18.2 Å². The number of aliphatic hydroxyl groups excluding tert-OH is 1. The summed E-state index contributed by atoms with van der Waals surface area (Å²) >= 11 is 0. The fourth-order valence-corrected chi connectivity index (χ4v) is 4.30. The van der Waals surface area contributed by atoms with E-state index in [1.54, 1.807) is 6.08 Å². The van der Waals surface area contributed by atoms with Crippen molar-refractivity contribution in [1.82, 2.24) is 9.97 Å². The summed E-state index contributed by atoms with van der Waals surface area (Å²) in [4.78, 5) is 7.39. The van der Waals surface area contributed by atoms with Crippen molar-refractivity contribution in [3.63, 3.8) is 0 Å². The first-order chi connectivity index (χ1) is 19.1. The molecule has 1 heterocycles. The second kappa shape index (κ2) is 14.5. The van der Waals surface area contributed by atoms with Gasteiger partial charge < -0.3 is 32.9 Å². The first-order valence-corrected chi connectivity index (χ1v) is 11.8. The number of imidazole rings is 1. The van der Waals surface area contributed by atoms with E-state index in [2.05, 4.69) is 16.9 Å². The minimum absolute atomic E-state index is 0. The number of aliphatic hydroxyl groups is 1. The Bertz CT molecular complexity index is 1510. The maximum absolute atomic E-state index is 14.8. The van der Waals surface area contributed by atoms with Gasteiger partial charge in [0, 0.05) is 56.2 Å². The van der Waals surface area contributed by atoms with Crippen LogP contribution in [-0.2, 0) is 38.1 Å². The number of benzene rings is 2. The van der Waals surface area contributed by atoms with Crippen LogP contribution in [0, 0.1) is 35.6 Å². The Morgan fingerprint density at radius 3 is 2.54 bits per heavy atom. The summed E-state index contributed by atoms with van der Waals surface area (Å²) in [6, 6.07) is 3.28. The van der Waals surface area contributed by atoms with Gasteiger partial charge in [-0.05, 0) is 43.5 Å². The molecule has 41 heavy (non-hydrogen) atoms. The Kier molecular flexibility index (Phi) is 12.0. The summed E-state index contributed by atoms with van der Waals surface area (Å²) in [5.74, 6) is -6.54. The van der Waals surface area contributed by atoms with Crippen LogP contribution in [0.4, 0.5) is 23.2 Å². The fourth-order valence-electron chi connectivity index (χ4n) is 4.30. The van der Waals surface area contributed by atoms with Crippen LogP contribution in [0.5, 0.6) is 11.5 Å². The summed E-state index contributed by atoms with van der Waals surface area (Å²) in [6.07, 6.45) is 10.5. The zero-order valence-corrected chi connectivity index (χ0v) is 24.7. The first-order valence-electron chi connectivity index (χ1n) is 11.8. The quantitative estimate of drug-likeness (QED) is 0.0243. The molecule has 1 unspecified atom stereocenters. The standard InChI is InChI=1S/C28H25F4N4O2.H2O2.Y/c1-3-15-5-4-6-16(14-37)28(2,10-9-15)21-13-35-27(36-21)18-11-17(7-8-20(18)29)38-26-22(30)19(12-33)25(34)23(31)24(26)32;1-2;/h4-8,11-14,33,37H,1,3,9-10,34H2,2H3,(H,35,36);1-2H;/q-1;;/b6-4-,15-5-,16-14-,33-12?;;. The fraction of sp³-hybridized carbons (Fsp3) is 0.179. The molecule has 1 aliphatic carbocycles. The minimum Gasteiger partial charge on any atom is -0.515 e. The van der Waals surface area contributed by atoms with Crippen LogP contribution < -0.4 is 10.5 Å². The van der Waals surface area contributed by atoms with Gasteiger partial charge in [-0.3, -0.25) is 10.5 Å². The van der Waals surface area contributed by atoms with Crippen molar-refractivity contribution in [1.29, 1.82) is 5.41 Å². The molecule has 7 N–H and O–H groups in total. The predicted molar refractivity (Wildman–Crippen MR) is 142 cm³/mol. The van der Waals surface area contributed by atoms with Crippen molar-refractivity contribution in [2.24, 2.45) is 0 Å². The van der Waals surface area contributed by atoms with Crippen LogP contribution in [0.1, 0.15) is 37.4 Å². The van der Waals surface area contributed by atoms with E-state index >= 15 is 0 Å². The predicted octanol–water partition coefficient (Wildman–Crippen LogP) is 7.22. The van der Waals surface area contributed by atoms with E-state index in [1.165, 1.54) is 6.20 Å². The Labute approximate surface area is 258 Å². The molecule has 0 saturated heterocycles. The van der Waals surface area contributed by atoms with Crippen LogP contribution in [0.25, 0.3) is 11.4 Å². The number of ether oxygens (including phenoxy) is 1. The minimum atomic E-state index is -1.68. The molecule has 2 aromatic carbocycles. The van der Waals surface area contributed by atoms with Crippen molar-refractivity contribution in [2.45, 2.75) is 31.6 Å². The van der Waals surface area contributed by atoms with Crippen LogP contribution >= 0.6 is 0 Å². The third kappa shape index (κ3) is 6.78. The van der Waals surface area contributed by atoms with E-state index in [4.69, 9.17) is 26.4 Å². The maximum Gasteiger partial charge on any atom is 0.206 e. The van der Waals surface area contributed by atoms with E-state index < -0.39 is 45.7 Å². The van der Waals surface area contributed by atoms with Gasteiger partial charge in [0.05, 0.1) is 23.1 Å². The number of H-pyrrole nitrogens is 1. The van der Waals surface area contributed by atoms with Gasteiger partial charge in [-0.25, -0.2) is 18.2 Å². The average Bonchev–Trinajstić information content (AvgIpc) is 3.46. The van der Waals surface area contributed by atoms with Crippen molar-refractivity contribution in [3.05, 3.63) is 101 Å². The van der Waals surface area contributed by atoms with Crippen molar-refractivity contribution in [2.75, 3.05) is 5.73 Å². The number of halogens is 4. The molecule has 8 nitrogen and oxygen atoms in total. The molecular formula is C28H27F4N4O4Y-. The summed E-state index contributed by atoms with van der Waals surface area (Å²) in [5, 5.41) is 29.2. The Hall–Kier alpha value is -3.32. The summed E-state index contributed by atoms with van der Waals surface area (Å²) in [5.41, 5.74) is 5.38. The van der Waals surface area contributed by atoms with E-state index in [0.717, 1.165) is 30.0 Å². The van der Waals surface area contributed by atoms with Gasteiger partial charge in [0.25, 0.3) is 0 Å². The molecule has 0 saturated carbocycles. The molecule has 13 heteroatoms. The smallest absolute Gasteiger partial charge is 0.206 e. The zero-order valence-electron chi connectivity index (χ0n) is 21.9. The number of aromatic amines is 1. The second-order valence-electron chi connectivity index (χ2n) is 8.98. The van der Waals surface area contributed by atoms with E-state index in [0.29, 0.717) is 36.7 Å². The monoisotopic (exact) mass is 648 g/mol. The molecule has 0 aliphatic heterocycles. The van der Waals surface area contributed by atoms with Gasteiger partial charge in [0.1, 0.15) is 17.4 Å². The van der Waals surface area contributed by atoms with E-state index in [1.807, 2.05) is 19.1 Å². The van der Waals surface area contributed by atoms with Crippen LogP contribution in [-0.4, -0.2) is 31.8 Å². The normalized spacial score (nSPS) is 19.5. The Morgan fingerprint density at radius 1 is 1.20 bits per heavy atom. The first kappa shape index (κ1) is 33.9. The third-order valence-corrected chi connectivity index (χ3v) is 6.73. The number of aromatic nitrogens is 2. The number of hydrogen-bond acceptors (Lipinski definition) is 7. The number of nitrogens with one attached hydrogen (secondary N) is 2. The van der Waals surface area contributed by atoms with Crippen LogP contribution in [0.2, 0.25) is 0 Å². The number of hydrogen-bond donors (Lipinski definition) is 6. The average molecular weight is 648 g/mol. The van der Waals surface area contributed by atoms with Crippen molar-refractivity contribution >= 4 is 11.9 Å². The zero-order chi connectivity index (χ0) is 29.6. The molecule has 1 aliphatic rings. The molecule has 0 amide bonds. The van der Waals surface area contributed by atoms with Crippen molar-refractivity contribution in [3.8, 4) is 22.9 Å². The topological polar surface area (TPSA) is 148 Å². The number of nitrogen functional groups attached to an aromatic ring is 1. The molecular weight excluding hydrogens is 621 g/mol. The van der Waals surface area contributed by atoms with Crippen LogP contribution in [0.15, 0.2) is 60.0 Å². The van der Waals surface area contributed by atoms with Gasteiger partial charge in [0.2, 0.25) is 11.6 Å². The Balaban J connectivity index is 0.00000192. The SMILES string of the molecule is OO.[CH2-]C/C1=C/C=C\C(=C\O)C(C)(c2cnc(-c3cc(Oc4c(F)c(F)c(N)c(C=N)c4F)ccc3F)[nH]2)CC1.[Y]. The van der Waals surface area contributed by atoms with Crippen molar-refractivity contribution < 1.29 is 70.6 Å². The molecule has 4 rings (SSSR count). The number of allylic oxidation sites excluding steroid dienone is 5. The maximum atomic E-state index is 14.8. The molecule has 1 atom stereocenters. The Morgan fingerprint density at radius 2 is 1.90 bits per heavy atom. The number of nitrogens with zero attached hydrogens (tertiary/aromatic N) is 1. The molecule has 215 valence electrons. The summed E-state index contributed by atoms with van der Waals surface area (Å²) in [7, 11) is 0. The van der Waals surface area contributed by atoms with E-state index in [-0.39, 0.29) is 49.8 Å². The molecule has 3 aromatic rings. The molecule has 0 bridgehead atoms. The molecule has 0 spiro atoms. The van der Waals surface area contributed by atoms with Gasteiger partial charge in [-0.15, -0.1) is 5.57 Å². The van der Waals surface area contributed by atoms with Gasteiger partial charge in [0.15, 0.2) is 11.6 Å².